The van der Waals surface area contributed by atoms with E-state index in [2.05, 4.69) is 10.6 Å². The Morgan fingerprint density at radius 3 is 2.65 bits per heavy atom. The Morgan fingerprint density at radius 2 is 2.12 bits per heavy atom. The molecule has 7 heteroatoms. The molecule has 1 saturated heterocycles. The van der Waals surface area contributed by atoms with E-state index < -0.39 is 23.8 Å². The maximum absolute atomic E-state index is 11.7. The zero-order valence-corrected chi connectivity index (χ0v) is 9.78. The van der Waals surface area contributed by atoms with E-state index in [0.29, 0.717) is 6.42 Å². The zero-order chi connectivity index (χ0) is 13.0. The molecule has 0 aromatic rings. The van der Waals surface area contributed by atoms with Crippen LogP contribution in [-0.2, 0) is 19.2 Å². The smallest absolute Gasteiger partial charge is 0.249 e. The molecule has 1 rings (SSSR count). The van der Waals surface area contributed by atoms with Crippen molar-refractivity contribution in [1.29, 1.82) is 0 Å². The quantitative estimate of drug-likeness (QED) is 0.581. The summed E-state index contributed by atoms with van der Waals surface area (Å²) in [6.07, 6.45) is 0.422. The van der Waals surface area contributed by atoms with Crippen LogP contribution in [-0.4, -0.2) is 47.7 Å². The summed E-state index contributed by atoms with van der Waals surface area (Å²) >= 11 is 0. The van der Waals surface area contributed by atoms with Gasteiger partial charge in [-0.25, -0.2) is 0 Å². The normalized spacial score (nSPS) is 19.9. The second-order valence-electron chi connectivity index (χ2n) is 3.77. The van der Waals surface area contributed by atoms with Crippen LogP contribution in [0.5, 0.6) is 0 Å². The van der Waals surface area contributed by atoms with Crippen molar-refractivity contribution < 1.29 is 19.2 Å². The zero-order valence-electron chi connectivity index (χ0n) is 9.78. The van der Waals surface area contributed by atoms with Gasteiger partial charge in [0.15, 0.2) is 0 Å². The molecule has 1 fully saturated rings. The molecule has 2 N–H and O–H groups in total. The number of nitrogens with zero attached hydrogens (tertiary/aromatic N) is 1. The molecule has 0 aromatic heterocycles. The van der Waals surface area contributed by atoms with Gasteiger partial charge in [0.2, 0.25) is 23.6 Å². The van der Waals surface area contributed by atoms with Gasteiger partial charge in [0.05, 0.1) is 6.54 Å². The molecule has 1 heterocycles. The van der Waals surface area contributed by atoms with Gasteiger partial charge in [-0.15, -0.1) is 0 Å². The number of nitrogens with one attached hydrogen (secondary N) is 2. The second kappa shape index (κ2) is 5.42. The molecule has 1 aliphatic rings. The summed E-state index contributed by atoms with van der Waals surface area (Å²) in [5, 5.41) is 4.51. The fraction of sp³-hybridized carbons (Fsp3) is 0.600. The van der Waals surface area contributed by atoms with Gasteiger partial charge in [-0.3, -0.25) is 24.5 Å². The largest absolute Gasteiger partial charge is 0.347 e. The van der Waals surface area contributed by atoms with E-state index in [0.717, 1.165) is 0 Å². The third kappa shape index (κ3) is 3.27. The highest BCUT2D eigenvalue weighted by atomic mass is 16.2. The van der Waals surface area contributed by atoms with E-state index >= 15 is 0 Å². The van der Waals surface area contributed by atoms with Crippen molar-refractivity contribution in [2.75, 3.05) is 13.1 Å². The fourth-order valence-electron chi connectivity index (χ4n) is 1.64. The Kier molecular flexibility index (Phi) is 4.19. The van der Waals surface area contributed by atoms with E-state index in [1.165, 1.54) is 11.8 Å². The molecule has 4 amide bonds. The monoisotopic (exact) mass is 241 g/mol. The van der Waals surface area contributed by atoms with E-state index in [1.807, 2.05) is 0 Å². The van der Waals surface area contributed by atoms with Gasteiger partial charge in [-0.05, 0) is 6.42 Å². The van der Waals surface area contributed by atoms with Crippen molar-refractivity contribution in [2.24, 2.45) is 0 Å². The Morgan fingerprint density at radius 1 is 1.47 bits per heavy atom. The predicted molar refractivity (Wildman–Crippen MR) is 57.6 cm³/mol. The van der Waals surface area contributed by atoms with Gasteiger partial charge in [-0.1, -0.05) is 6.92 Å². The number of hydrogen-bond acceptors (Lipinski definition) is 4. The third-order valence-electron chi connectivity index (χ3n) is 2.45. The third-order valence-corrected chi connectivity index (χ3v) is 2.45. The maximum atomic E-state index is 11.7. The van der Waals surface area contributed by atoms with E-state index in [-0.39, 0.29) is 19.0 Å². The lowest BCUT2D eigenvalue weighted by Gasteiger charge is -2.33. The minimum absolute atomic E-state index is 0.150. The van der Waals surface area contributed by atoms with Gasteiger partial charge in [0.25, 0.3) is 0 Å². The van der Waals surface area contributed by atoms with Crippen molar-refractivity contribution in [2.45, 2.75) is 26.3 Å². The molecular formula is C10H15N3O4. The number of carbonyl (C=O) groups excluding carboxylic acids is 4. The van der Waals surface area contributed by atoms with E-state index in [9.17, 15) is 19.2 Å². The standard InChI is InChI=1S/C10H15N3O4/c1-3-7-10(17)12-8(15)5-13(7)9(16)4-11-6(2)14/h7H,3-5H2,1-2H3,(H,11,14)(H,12,15,17). The highest BCUT2D eigenvalue weighted by Crippen LogP contribution is 2.08. The molecule has 7 nitrogen and oxygen atoms in total. The lowest BCUT2D eigenvalue weighted by molar-refractivity contribution is -0.149. The Hall–Kier alpha value is -1.92. The minimum Gasteiger partial charge on any atom is -0.347 e. The first-order chi connectivity index (χ1) is 7.95. The fourth-order valence-corrected chi connectivity index (χ4v) is 1.64. The van der Waals surface area contributed by atoms with Crippen LogP contribution in [0.2, 0.25) is 0 Å². The molecule has 0 radical (unpaired) electrons. The van der Waals surface area contributed by atoms with Crippen LogP contribution in [0, 0.1) is 0 Å². The first-order valence-corrected chi connectivity index (χ1v) is 5.33. The Balaban J connectivity index is 2.70. The van der Waals surface area contributed by atoms with Crippen LogP contribution in [0.25, 0.3) is 0 Å². The van der Waals surface area contributed by atoms with E-state index in [1.54, 1.807) is 6.92 Å². The highest BCUT2D eigenvalue weighted by Gasteiger charge is 2.35. The summed E-state index contributed by atoms with van der Waals surface area (Å²) in [6.45, 7) is 2.69. The maximum Gasteiger partial charge on any atom is 0.249 e. The summed E-state index contributed by atoms with van der Waals surface area (Å²) in [6, 6.07) is -0.644. The first kappa shape index (κ1) is 13.1. The molecule has 94 valence electrons. The van der Waals surface area contributed by atoms with Crippen molar-refractivity contribution in [3.63, 3.8) is 0 Å². The number of carbonyl (C=O) groups is 4. The second-order valence-corrected chi connectivity index (χ2v) is 3.77. The molecular weight excluding hydrogens is 226 g/mol. The summed E-state index contributed by atoms with van der Waals surface area (Å²) in [7, 11) is 0. The van der Waals surface area contributed by atoms with Gasteiger partial charge in [0, 0.05) is 6.92 Å². The molecule has 1 aliphatic heterocycles. The summed E-state index contributed by atoms with van der Waals surface area (Å²) in [4.78, 5) is 46.3. The molecule has 0 bridgehead atoms. The van der Waals surface area contributed by atoms with Gasteiger partial charge < -0.3 is 10.2 Å². The van der Waals surface area contributed by atoms with Crippen LogP contribution >= 0.6 is 0 Å². The number of hydrogen-bond donors (Lipinski definition) is 2. The molecule has 1 atom stereocenters. The molecule has 0 saturated carbocycles. The van der Waals surface area contributed by atoms with Crippen molar-refractivity contribution in [3.05, 3.63) is 0 Å². The van der Waals surface area contributed by atoms with Crippen LogP contribution in [0.1, 0.15) is 20.3 Å². The van der Waals surface area contributed by atoms with Crippen molar-refractivity contribution in [1.82, 2.24) is 15.5 Å². The van der Waals surface area contributed by atoms with Crippen molar-refractivity contribution >= 4 is 23.6 Å². The minimum atomic E-state index is -0.644. The Labute approximate surface area is 98.5 Å². The first-order valence-electron chi connectivity index (χ1n) is 5.33. The van der Waals surface area contributed by atoms with Crippen LogP contribution in [0.4, 0.5) is 0 Å². The average Bonchev–Trinajstić information content (AvgIpc) is 2.24. The summed E-state index contributed by atoms with van der Waals surface area (Å²) in [5.41, 5.74) is 0. The SMILES string of the molecule is CCC1C(=O)NC(=O)CN1C(=O)CNC(C)=O. The van der Waals surface area contributed by atoms with Gasteiger partial charge >= 0.3 is 0 Å². The van der Waals surface area contributed by atoms with Crippen LogP contribution in [0.3, 0.4) is 0 Å². The number of imide groups is 1. The molecule has 1 unspecified atom stereocenters. The number of rotatable bonds is 3. The van der Waals surface area contributed by atoms with Gasteiger partial charge in [0.1, 0.15) is 12.6 Å². The summed E-state index contributed by atoms with van der Waals surface area (Å²) in [5.74, 6) is -1.75. The number of piperazine rings is 1. The predicted octanol–water partition coefficient (Wildman–Crippen LogP) is -1.61. The molecule has 0 aromatic carbocycles. The topological polar surface area (TPSA) is 95.6 Å². The Bertz CT molecular complexity index is 367. The van der Waals surface area contributed by atoms with E-state index in [4.69, 9.17) is 0 Å². The average molecular weight is 241 g/mol. The molecule has 0 spiro atoms. The van der Waals surface area contributed by atoms with Crippen LogP contribution < -0.4 is 10.6 Å². The molecule has 0 aliphatic carbocycles. The highest BCUT2D eigenvalue weighted by molar-refractivity contribution is 6.04. The summed E-state index contributed by atoms with van der Waals surface area (Å²) < 4.78 is 0. The molecule has 17 heavy (non-hydrogen) atoms. The number of amides is 4. The van der Waals surface area contributed by atoms with Crippen molar-refractivity contribution in [3.8, 4) is 0 Å². The van der Waals surface area contributed by atoms with Gasteiger partial charge in [-0.2, -0.15) is 0 Å². The lowest BCUT2D eigenvalue weighted by atomic mass is 10.1. The lowest BCUT2D eigenvalue weighted by Crippen LogP contribution is -2.60. The van der Waals surface area contributed by atoms with Crippen LogP contribution in [0.15, 0.2) is 0 Å².